The third-order valence-electron chi connectivity index (χ3n) is 3.81. The standard InChI is InChI=1S/C19H18N2O/c1-12-4-6-15(7-5-12)20-21-18-9-8-16-17(14(18)3)10-13(2)11-19(16)22/h4-11,22H,1-3H3. The molecule has 1 N–H and O–H groups in total. The number of hydrogen-bond donors (Lipinski definition) is 1. The van der Waals surface area contributed by atoms with Crippen molar-refractivity contribution in [3.63, 3.8) is 0 Å². The van der Waals surface area contributed by atoms with Gasteiger partial charge in [-0.15, -0.1) is 0 Å². The van der Waals surface area contributed by atoms with Gasteiger partial charge in [-0.25, -0.2) is 0 Å². The molecule has 0 aliphatic rings. The van der Waals surface area contributed by atoms with Crippen molar-refractivity contribution in [2.24, 2.45) is 10.2 Å². The van der Waals surface area contributed by atoms with Crippen LogP contribution in [0.15, 0.2) is 58.8 Å². The zero-order valence-corrected chi connectivity index (χ0v) is 13.0. The molecular formula is C19H18N2O. The van der Waals surface area contributed by atoms with Crippen LogP contribution >= 0.6 is 0 Å². The Balaban J connectivity index is 2.04. The third-order valence-corrected chi connectivity index (χ3v) is 3.81. The molecule has 3 aromatic rings. The van der Waals surface area contributed by atoms with Crippen LogP contribution in [-0.4, -0.2) is 5.11 Å². The van der Waals surface area contributed by atoms with Crippen LogP contribution in [-0.2, 0) is 0 Å². The van der Waals surface area contributed by atoms with E-state index in [1.54, 1.807) is 6.07 Å². The second-order valence-electron chi connectivity index (χ2n) is 5.62. The van der Waals surface area contributed by atoms with Gasteiger partial charge < -0.3 is 5.11 Å². The Morgan fingerprint density at radius 2 is 1.45 bits per heavy atom. The molecule has 0 amide bonds. The van der Waals surface area contributed by atoms with Gasteiger partial charge in [0.05, 0.1) is 11.4 Å². The van der Waals surface area contributed by atoms with Gasteiger partial charge in [-0.1, -0.05) is 23.8 Å². The number of nitrogens with zero attached hydrogens (tertiary/aromatic N) is 2. The van der Waals surface area contributed by atoms with Crippen molar-refractivity contribution in [3.05, 3.63) is 65.2 Å². The molecule has 3 rings (SSSR count). The fourth-order valence-electron chi connectivity index (χ4n) is 2.52. The van der Waals surface area contributed by atoms with Gasteiger partial charge in [0.15, 0.2) is 0 Å². The van der Waals surface area contributed by atoms with Crippen LogP contribution in [0, 0.1) is 20.8 Å². The number of phenolic OH excluding ortho intramolecular Hbond substituents is 1. The number of fused-ring (bicyclic) bond motifs is 1. The normalized spacial score (nSPS) is 11.4. The lowest BCUT2D eigenvalue weighted by atomic mass is 10.0. The minimum absolute atomic E-state index is 0.306. The van der Waals surface area contributed by atoms with E-state index in [1.165, 1.54) is 5.56 Å². The van der Waals surface area contributed by atoms with Crippen molar-refractivity contribution < 1.29 is 5.11 Å². The van der Waals surface area contributed by atoms with Crippen LogP contribution in [0.4, 0.5) is 11.4 Å². The minimum Gasteiger partial charge on any atom is -0.507 e. The average molecular weight is 290 g/mol. The summed E-state index contributed by atoms with van der Waals surface area (Å²) in [6, 6.07) is 15.6. The van der Waals surface area contributed by atoms with Gasteiger partial charge in [-0.2, -0.15) is 10.2 Å². The molecule has 3 aromatic carbocycles. The summed E-state index contributed by atoms with van der Waals surface area (Å²) in [6.45, 7) is 6.02. The first-order valence-electron chi connectivity index (χ1n) is 7.26. The average Bonchev–Trinajstić information content (AvgIpc) is 2.49. The highest BCUT2D eigenvalue weighted by molar-refractivity contribution is 5.94. The van der Waals surface area contributed by atoms with E-state index in [0.29, 0.717) is 5.75 Å². The molecule has 0 aromatic heterocycles. The van der Waals surface area contributed by atoms with Crippen molar-refractivity contribution >= 4 is 22.1 Å². The van der Waals surface area contributed by atoms with E-state index in [4.69, 9.17) is 0 Å². The maximum absolute atomic E-state index is 10.0. The Kier molecular flexibility index (Phi) is 3.63. The molecule has 3 heteroatoms. The molecule has 0 radical (unpaired) electrons. The second-order valence-corrected chi connectivity index (χ2v) is 5.62. The van der Waals surface area contributed by atoms with Gasteiger partial charge in [0.2, 0.25) is 0 Å². The lowest BCUT2D eigenvalue weighted by Crippen LogP contribution is -1.83. The fourth-order valence-corrected chi connectivity index (χ4v) is 2.52. The first kappa shape index (κ1) is 14.3. The summed E-state index contributed by atoms with van der Waals surface area (Å²) in [5.74, 6) is 0.306. The summed E-state index contributed by atoms with van der Waals surface area (Å²) >= 11 is 0. The van der Waals surface area contributed by atoms with Crippen LogP contribution in [0.25, 0.3) is 10.8 Å². The van der Waals surface area contributed by atoms with Gasteiger partial charge in [0.25, 0.3) is 0 Å². The summed E-state index contributed by atoms with van der Waals surface area (Å²) in [4.78, 5) is 0. The Morgan fingerprint density at radius 3 is 2.18 bits per heavy atom. The van der Waals surface area contributed by atoms with Crippen LogP contribution in [0.5, 0.6) is 5.75 Å². The van der Waals surface area contributed by atoms with E-state index < -0.39 is 0 Å². The lowest BCUT2D eigenvalue weighted by Gasteiger charge is -2.08. The van der Waals surface area contributed by atoms with E-state index in [1.807, 2.05) is 57.2 Å². The molecule has 0 heterocycles. The number of rotatable bonds is 2. The van der Waals surface area contributed by atoms with Gasteiger partial charge in [-0.3, -0.25) is 0 Å². The maximum Gasteiger partial charge on any atom is 0.123 e. The SMILES string of the molecule is Cc1ccc(N=Nc2ccc3c(O)cc(C)cc3c2C)cc1. The van der Waals surface area contributed by atoms with Crippen molar-refractivity contribution in [1.82, 2.24) is 0 Å². The van der Waals surface area contributed by atoms with E-state index in [0.717, 1.165) is 33.3 Å². The zero-order chi connectivity index (χ0) is 15.7. The van der Waals surface area contributed by atoms with E-state index in [2.05, 4.69) is 16.3 Å². The summed E-state index contributed by atoms with van der Waals surface area (Å²) in [6.07, 6.45) is 0. The molecule has 110 valence electrons. The lowest BCUT2D eigenvalue weighted by molar-refractivity contribution is 0.481. The van der Waals surface area contributed by atoms with Gasteiger partial charge in [0, 0.05) is 5.39 Å². The first-order valence-corrected chi connectivity index (χ1v) is 7.26. The Labute approximate surface area is 130 Å². The van der Waals surface area contributed by atoms with Gasteiger partial charge >= 0.3 is 0 Å². The van der Waals surface area contributed by atoms with Gasteiger partial charge in [-0.05, 0) is 67.6 Å². The van der Waals surface area contributed by atoms with Crippen LogP contribution < -0.4 is 0 Å². The van der Waals surface area contributed by atoms with Gasteiger partial charge in [0.1, 0.15) is 5.75 Å². The molecule has 0 fully saturated rings. The smallest absolute Gasteiger partial charge is 0.123 e. The molecular weight excluding hydrogens is 272 g/mol. The molecule has 0 aliphatic carbocycles. The highest BCUT2D eigenvalue weighted by Gasteiger charge is 2.07. The predicted molar refractivity (Wildman–Crippen MR) is 90.4 cm³/mol. The molecule has 0 saturated carbocycles. The summed E-state index contributed by atoms with van der Waals surface area (Å²) in [7, 11) is 0. The predicted octanol–water partition coefficient (Wildman–Crippen LogP) is 5.89. The van der Waals surface area contributed by atoms with E-state index in [9.17, 15) is 5.11 Å². The number of benzene rings is 3. The molecule has 0 unspecified atom stereocenters. The van der Waals surface area contributed by atoms with Crippen LogP contribution in [0.2, 0.25) is 0 Å². The summed E-state index contributed by atoms with van der Waals surface area (Å²) < 4.78 is 0. The highest BCUT2D eigenvalue weighted by atomic mass is 16.3. The molecule has 22 heavy (non-hydrogen) atoms. The summed E-state index contributed by atoms with van der Waals surface area (Å²) in [5, 5.41) is 20.6. The Hall–Kier alpha value is -2.68. The number of aromatic hydroxyl groups is 1. The largest absolute Gasteiger partial charge is 0.507 e. The molecule has 0 saturated heterocycles. The van der Waals surface area contributed by atoms with E-state index in [-0.39, 0.29) is 0 Å². The number of azo groups is 1. The topological polar surface area (TPSA) is 45.0 Å². The molecule has 0 aliphatic heterocycles. The molecule has 0 bridgehead atoms. The maximum atomic E-state index is 10.0. The molecule has 0 spiro atoms. The van der Waals surface area contributed by atoms with E-state index >= 15 is 0 Å². The molecule has 3 nitrogen and oxygen atoms in total. The van der Waals surface area contributed by atoms with Crippen molar-refractivity contribution in [3.8, 4) is 5.75 Å². The third kappa shape index (κ3) is 2.70. The number of phenols is 1. The first-order chi connectivity index (χ1) is 10.5. The fraction of sp³-hybridized carbons (Fsp3) is 0.158. The van der Waals surface area contributed by atoms with Crippen LogP contribution in [0.1, 0.15) is 16.7 Å². The number of hydrogen-bond acceptors (Lipinski definition) is 3. The zero-order valence-electron chi connectivity index (χ0n) is 13.0. The summed E-state index contributed by atoms with van der Waals surface area (Å²) in [5.41, 5.74) is 4.90. The molecule has 0 atom stereocenters. The van der Waals surface area contributed by atoms with Crippen molar-refractivity contribution in [2.75, 3.05) is 0 Å². The quantitative estimate of drug-likeness (QED) is 0.588. The Bertz CT molecular complexity index is 865. The minimum atomic E-state index is 0.306. The monoisotopic (exact) mass is 290 g/mol. The number of aryl methyl sites for hydroxylation is 3. The highest BCUT2D eigenvalue weighted by Crippen LogP contribution is 2.34. The van der Waals surface area contributed by atoms with Crippen molar-refractivity contribution in [1.29, 1.82) is 0 Å². The van der Waals surface area contributed by atoms with Crippen LogP contribution in [0.3, 0.4) is 0 Å². The Morgan fingerprint density at radius 1 is 0.727 bits per heavy atom. The van der Waals surface area contributed by atoms with Crippen molar-refractivity contribution in [2.45, 2.75) is 20.8 Å². The second kappa shape index (κ2) is 5.60.